The minimum Gasteiger partial charge on any atom is -0.464 e. The summed E-state index contributed by atoms with van der Waals surface area (Å²) in [5.74, 6) is -1.94. The van der Waals surface area contributed by atoms with Gasteiger partial charge in [0.15, 0.2) is 0 Å². The van der Waals surface area contributed by atoms with Gasteiger partial charge in [0, 0.05) is 92.3 Å². The van der Waals surface area contributed by atoms with Crippen LogP contribution in [0.3, 0.4) is 0 Å². The van der Waals surface area contributed by atoms with Crippen molar-refractivity contribution in [2.24, 2.45) is 11.3 Å². The number of nitrogens with one attached hydrogen (secondary N) is 2. The molecule has 360 valence electrons. The predicted molar refractivity (Wildman–Crippen MR) is 259 cm³/mol. The third kappa shape index (κ3) is 10.1. The first-order valence-corrected chi connectivity index (χ1v) is 24.3. The molecule has 0 spiro atoms. The van der Waals surface area contributed by atoms with Crippen LogP contribution in [0.25, 0.3) is 33.4 Å². The number of methoxy groups -OCH3 is 1. The Labute approximate surface area is 398 Å². The summed E-state index contributed by atoms with van der Waals surface area (Å²) in [5.41, 5.74) is 9.24. The number of hydrazine groups is 1. The highest BCUT2D eigenvalue weighted by molar-refractivity contribution is 7.10. The molecule has 67 heavy (non-hydrogen) atoms. The van der Waals surface area contributed by atoms with Gasteiger partial charge in [0.2, 0.25) is 11.8 Å². The second kappa shape index (κ2) is 20.3. The van der Waals surface area contributed by atoms with Crippen LogP contribution in [0.15, 0.2) is 54.6 Å². The number of aryl methyl sites for hydroxylation is 1. The number of aromatic nitrogens is 3. The highest BCUT2D eigenvalue weighted by Crippen LogP contribution is 2.42. The van der Waals surface area contributed by atoms with Gasteiger partial charge in [-0.05, 0) is 88.3 Å². The van der Waals surface area contributed by atoms with Gasteiger partial charge >= 0.3 is 12.0 Å². The molecule has 2 N–H and O–H groups in total. The molecule has 4 aromatic rings. The molecular formula is C50H67N9O7S. The summed E-state index contributed by atoms with van der Waals surface area (Å²) in [6, 6.07) is 6.83. The average Bonchev–Trinajstić information content (AvgIpc) is 4.03. The summed E-state index contributed by atoms with van der Waals surface area (Å²) in [7, 11) is 4.98. The second-order valence-corrected chi connectivity index (χ2v) is 20.3. The summed E-state index contributed by atoms with van der Waals surface area (Å²) in [6.45, 7) is 19.0. The number of nitrogens with zero attached hydrogens (tertiary/aromatic N) is 7. The van der Waals surface area contributed by atoms with Crippen molar-refractivity contribution in [1.29, 1.82) is 0 Å². The molecule has 0 aliphatic carbocycles. The lowest BCUT2D eigenvalue weighted by molar-refractivity contribution is -0.155. The number of likely N-dealkylation sites (tertiary alicyclic amines) is 1. The van der Waals surface area contributed by atoms with Crippen LogP contribution in [0.2, 0.25) is 0 Å². The number of ether oxygens (including phenoxy) is 2. The molecule has 6 heterocycles. The number of benzene rings is 1. The zero-order chi connectivity index (χ0) is 48.5. The molecule has 7 rings (SSSR count). The topological polar surface area (TPSA) is 172 Å². The Bertz CT molecular complexity index is 2520. The van der Waals surface area contributed by atoms with Crippen LogP contribution in [0, 0.1) is 11.3 Å². The lowest BCUT2D eigenvalue weighted by Crippen LogP contribution is -2.62. The Morgan fingerprint density at radius 2 is 1.93 bits per heavy atom. The number of thiazole rings is 1. The summed E-state index contributed by atoms with van der Waals surface area (Å²) < 4.78 is 14.2. The van der Waals surface area contributed by atoms with Crippen molar-refractivity contribution in [3.05, 3.63) is 70.8 Å². The highest BCUT2D eigenvalue weighted by atomic mass is 32.1. The van der Waals surface area contributed by atoms with Crippen LogP contribution in [0.4, 0.5) is 4.79 Å². The van der Waals surface area contributed by atoms with E-state index in [1.165, 1.54) is 27.3 Å². The Balaban J connectivity index is 1.25. The fraction of sp³-hybridized carbons (Fsp3) is 0.540. The Morgan fingerprint density at radius 3 is 2.63 bits per heavy atom. The van der Waals surface area contributed by atoms with Gasteiger partial charge in [-0.2, -0.15) is 0 Å². The average molecular weight is 938 g/mol. The number of rotatable bonds is 10. The van der Waals surface area contributed by atoms with Crippen molar-refractivity contribution in [1.82, 2.24) is 45.0 Å². The van der Waals surface area contributed by atoms with Gasteiger partial charge in [0.05, 0.1) is 40.8 Å². The van der Waals surface area contributed by atoms with E-state index in [0.717, 1.165) is 44.7 Å². The van der Waals surface area contributed by atoms with Crippen molar-refractivity contribution in [2.75, 3.05) is 40.9 Å². The lowest BCUT2D eigenvalue weighted by atomic mass is 9.84. The number of urea groups is 1. The van der Waals surface area contributed by atoms with Gasteiger partial charge in [-0.3, -0.25) is 29.2 Å². The van der Waals surface area contributed by atoms with Crippen molar-refractivity contribution < 1.29 is 33.4 Å². The molecule has 6 atom stereocenters. The number of pyridine rings is 1. The zero-order valence-corrected chi connectivity index (χ0v) is 41.4. The van der Waals surface area contributed by atoms with Gasteiger partial charge in [-0.25, -0.2) is 15.2 Å². The number of hydrogen-bond donors (Lipinski definition) is 2. The summed E-state index contributed by atoms with van der Waals surface area (Å²) in [5, 5.41) is 8.11. The summed E-state index contributed by atoms with van der Waals surface area (Å²) in [6.07, 6.45) is 5.01. The number of amides is 5. The molecule has 16 nitrogen and oxygen atoms in total. The van der Waals surface area contributed by atoms with Crippen molar-refractivity contribution >= 4 is 52.0 Å². The number of hydrogen-bond acceptors (Lipinski definition) is 11. The Morgan fingerprint density at radius 1 is 1.16 bits per heavy atom. The molecule has 5 amide bonds. The van der Waals surface area contributed by atoms with Gasteiger partial charge in [0.25, 0.3) is 5.91 Å². The molecular weight excluding hydrogens is 871 g/mol. The Kier molecular flexibility index (Phi) is 14.9. The zero-order valence-electron chi connectivity index (χ0n) is 40.6. The van der Waals surface area contributed by atoms with E-state index in [-0.39, 0.29) is 49.1 Å². The van der Waals surface area contributed by atoms with Crippen LogP contribution < -0.4 is 10.7 Å². The lowest BCUT2D eigenvalue weighted by Gasteiger charge is -2.37. The van der Waals surface area contributed by atoms with Crippen LogP contribution in [0.1, 0.15) is 90.1 Å². The molecule has 17 heteroatoms. The standard InChI is InChI=1S/C50H67N9O7S/c1-12-42(60)55(9)33-22-30(5)58(26-33)49(64)56(10)44(29(3)4)46(61)53-38-24-41-52-39(27-67-41)32-18-19-40-35(23-32)36(45(57(40)13-2)34-16-14-20-51-43(34)31(6)65-11)25-50(7,8)28-66-48(63)37-17-15-21-59(54-37)47(38)62/h12,14,16,18-20,23,27,29-31,33,37-38,44,54H,1,13,15,17,21-22,24-26,28H2,2-11H3,(H,53,61)/t30-,31+,33-,37+,38+,44+/m1/s1. The quantitative estimate of drug-likeness (QED) is 0.134. The first kappa shape index (κ1) is 49.3. The molecule has 0 saturated carbocycles. The molecule has 2 saturated heterocycles. The van der Waals surface area contributed by atoms with E-state index in [2.05, 4.69) is 66.9 Å². The van der Waals surface area contributed by atoms with Crippen molar-refractivity contribution in [3.8, 4) is 22.5 Å². The van der Waals surface area contributed by atoms with E-state index in [9.17, 15) is 24.0 Å². The number of carbonyl (C=O) groups is 5. The van der Waals surface area contributed by atoms with Crippen LogP contribution >= 0.6 is 11.3 Å². The van der Waals surface area contributed by atoms with Crippen LogP contribution in [-0.4, -0.2) is 135 Å². The normalized spacial score (nSPS) is 22.0. The van der Waals surface area contributed by atoms with E-state index < -0.39 is 41.3 Å². The minimum atomic E-state index is -1.09. The highest BCUT2D eigenvalue weighted by Gasteiger charge is 2.42. The second-order valence-electron chi connectivity index (χ2n) is 19.4. The van der Waals surface area contributed by atoms with Gasteiger partial charge in [-0.1, -0.05) is 40.3 Å². The van der Waals surface area contributed by atoms with E-state index in [1.54, 1.807) is 37.2 Å². The van der Waals surface area contributed by atoms with Gasteiger partial charge in [-0.15, -0.1) is 11.3 Å². The molecule has 3 aliphatic rings. The third-order valence-corrected chi connectivity index (χ3v) is 14.5. The summed E-state index contributed by atoms with van der Waals surface area (Å²) in [4.78, 5) is 84.4. The molecule has 2 fully saturated rings. The monoisotopic (exact) mass is 937 g/mol. The minimum absolute atomic E-state index is 0.0685. The van der Waals surface area contributed by atoms with Crippen LogP contribution in [-0.2, 0) is 48.0 Å². The molecule has 0 radical (unpaired) electrons. The number of esters is 1. The molecule has 0 unspecified atom stereocenters. The van der Waals surface area contributed by atoms with Gasteiger partial charge in [0.1, 0.15) is 18.1 Å². The number of likely N-dealkylation sites (N-methyl/N-ethyl adjacent to an activating group) is 2. The van der Waals surface area contributed by atoms with E-state index in [0.29, 0.717) is 50.3 Å². The summed E-state index contributed by atoms with van der Waals surface area (Å²) >= 11 is 1.40. The third-order valence-electron chi connectivity index (χ3n) is 13.6. The predicted octanol–water partition coefficient (Wildman–Crippen LogP) is 6.39. The largest absolute Gasteiger partial charge is 0.464 e. The molecule has 1 aromatic carbocycles. The molecule has 3 aromatic heterocycles. The molecule has 6 bridgehead atoms. The SMILES string of the molecule is C=CC(=O)N(C)[C@@H]1C[C@@H](C)N(C(=O)N(C)[C@H](C(=O)N[C@H]2Cc3nc(cs3)-c3ccc4c(c3)c(c(-c3cccnc3[C@H](C)OC)n4CC)CC(C)(C)COC(=O)[C@@H]3CCCN(N3)C2=O)C(C)C)C1. The number of carbonyl (C=O) groups excluding carboxylic acids is 5. The fourth-order valence-electron chi connectivity index (χ4n) is 9.94. The number of fused-ring (bicyclic) bond motifs is 6. The fourth-order valence-corrected chi connectivity index (χ4v) is 10.8. The van der Waals surface area contributed by atoms with Crippen molar-refractivity contribution in [3.63, 3.8) is 0 Å². The first-order valence-electron chi connectivity index (χ1n) is 23.4. The Hall–Kier alpha value is -5.65. The maximum absolute atomic E-state index is 14.7. The van der Waals surface area contributed by atoms with E-state index in [4.69, 9.17) is 19.4 Å². The van der Waals surface area contributed by atoms with E-state index in [1.807, 2.05) is 39.1 Å². The van der Waals surface area contributed by atoms with Crippen LogP contribution in [0.5, 0.6) is 0 Å². The molecule has 3 aliphatic heterocycles. The van der Waals surface area contributed by atoms with Crippen molar-refractivity contribution in [2.45, 2.75) is 123 Å². The van der Waals surface area contributed by atoms with E-state index >= 15 is 0 Å². The van der Waals surface area contributed by atoms with Gasteiger partial charge < -0.3 is 34.1 Å². The maximum atomic E-state index is 14.7. The first-order chi connectivity index (χ1) is 31.9. The number of cyclic esters (lactones) is 1. The maximum Gasteiger partial charge on any atom is 0.324 e. The smallest absolute Gasteiger partial charge is 0.324 e.